The van der Waals surface area contributed by atoms with Crippen LogP contribution in [0.3, 0.4) is 0 Å². The van der Waals surface area contributed by atoms with Crippen LogP contribution < -0.4 is 10.6 Å². The Kier molecular flexibility index (Phi) is 5.13. The van der Waals surface area contributed by atoms with Crippen LogP contribution in [0, 0.1) is 5.92 Å². The van der Waals surface area contributed by atoms with Crippen molar-refractivity contribution in [1.29, 1.82) is 0 Å². The number of carbonyl (C=O) groups excluding carboxylic acids is 1. The quantitative estimate of drug-likeness (QED) is 0.791. The van der Waals surface area contributed by atoms with Crippen LogP contribution in [0.4, 0.5) is 4.79 Å². The van der Waals surface area contributed by atoms with Crippen molar-refractivity contribution < 1.29 is 9.53 Å². The van der Waals surface area contributed by atoms with Gasteiger partial charge in [-0.15, -0.1) is 0 Å². The molecule has 1 aromatic rings. The average Bonchev–Trinajstić information content (AvgIpc) is 3.12. The van der Waals surface area contributed by atoms with Crippen molar-refractivity contribution in [3.05, 3.63) is 17.5 Å². The molecule has 134 valence electrons. The van der Waals surface area contributed by atoms with E-state index >= 15 is 0 Å². The zero-order valence-electron chi connectivity index (χ0n) is 15.0. The van der Waals surface area contributed by atoms with Gasteiger partial charge in [0.15, 0.2) is 0 Å². The third-order valence-electron chi connectivity index (χ3n) is 5.03. The number of carbonyl (C=O) groups is 1. The van der Waals surface area contributed by atoms with Crippen LogP contribution >= 0.6 is 0 Å². The van der Waals surface area contributed by atoms with Gasteiger partial charge in [-0.25, -0.2) is 4.79 Å². The predicted molar refractivity (Wildman–Crippen MR) is 92.9 cm³/mol. The molecule has 0 spiro atoms. The van der Waals surface area contributed by atoms with E-state index in [-0.39, 0.29) is 6.09 Å². The molecular formula is C18H30N4O2. The number of hydrogen-bond donors (Lipinski definition) is 3. The highest BCUT2D eigenvalue weighted by Gasteiger charge is 2.31. The number of amides is 1. The van der Waals surface area contributed by atoms with Crippen molar-refractivity contribution in [2.75, 3.05) is 6.54 Å². The predicted octanol–water partition coefficient (Wildman–Crippen LogP) is 2.55. The Labute approximate surface area is 144 Å². The molecule has 0 aromatic carbocycles. The van der Waals surface area contributed by atoms with Gasteiger partial charge >= 0.3 is 6.09 Å². The molecule has 6 nitrogen and oxygen atoms in total. The Morgan fingerprint density at radius 3 is 3.00 bits per heavy atom. The number of nitrogens with one attached hydrogen (secondary N) is 3. The summed E-state index contributed by atoms with van der Waals surface area (Å²) in [7, 11) is 0. The highest BCUT2D eigenvalue weighted by molar-refractivity contribution is 5.67. The highest BCUT2D eigenvalue weighted by atomic mass is 16.6. The molecule has 0 saturated heterocycles. The van der Waals surface area contributed by atoms with Crippen molar-refractivity contribution in [1.82, 2.24) is 20.8 Å². The fourth-order valence-corrected chi connectivity index (χ4v) is 3.89. The van der Waals surface area contributed by atoms with Crippen LogP contribution in [0.1, 0.15) is 57.7 Å². The summed E-state index contributed by atoms with van der Waals surface area (Å²) in [6.45, 7) is 6.36. The Balaban J connectivity index is 1.47. The third-order valence-corrected chi connectivity index (χ3v) is 5.03. The first-order chi connectivity index (χ1) is 11.4. The van der Waals surface area contributed by atoms with E-state index in [0.717, 1.165) is 25.7 Å². The van der Waals surface area contributed by atoms with Crippen molar-refractivity contribution in [2.24, 2.45) is 5.92 Å². The minimum Gasteiger partial charge on any atom is -0.444 e. The summed E-state index contributed by atoms with van der Waals surface area (Å²) < 4.78 is 5.33. The fraction of sp³-hybridized carbons (Fsp3) is 0.778. The topological polar surface area (TPSA) is 79.0 Å². The Morgan fingerprint density at radius 1 is 1.38 bits per heavy atom. The number of hydrogen-bond acceptors (Lipinski definition) is 4. The minimum absolute atomic E-state index is 0.311. The maximum atomic E-state index is 11.9. The lowest BCUT2D eigenvalue weighted by Gasteiger charge is -2.30. The maximum Gasteiger partial charge on any atom is 0.407 e. The monoisotopic (exact) mass is 334 g/mol. The van der Waals surface area contributed by atoms with Crippen molar-refractivity contribution in [3.8, 4) is 0 Å². The van der Waals surface area contributed by atoms with Crippen molar-refractivity contribution in [2.45, 2.75) is 77.0 Å². The standard InChI is InChI=1S/C18H30N4O2/c1-18(2,3)24-17(23)19-10-12-5-4-6-15(12)21-14-7-8-16-13(9-14)11-20-22-16/h11-12,14-15,21H,4-10H2,1-3H3,(H,19,23)(H,20,22)/t12-,14-,15-/m0/s1. The normalized spacial score (nSPS) is 26.9. The molecule has 1 saturated carbocycles. The molecule has 6 heteroatoms. The summed E-state index contributed by atoms with van der Waals surface area (Å²) in [5, 5.41) is 14.0. The Bertz CT molecular complexity index is 564. The number of fused-ring (bicyclic) bond motifs is 1. The van der Waals surface area contributed by atoms with Gasteiger partial charge in [-0.2, -0.15) is 5.10 Å². The van der Waals surface area contributed by atoms with Gasteiger partial charge in [0.25, 0.3) is 0 Å². The molecule has 0 radical (unpaired) electrons. The average molecular weight is 334 g/mol. The zero-order chi connectivity index (χ0) is 17.2. The summed E-state index contributed by atoms with van der Waals surface area (Å²) in [5.41, 5.74) is 2.20. The van der Waals surface area contributed by atoms with Crippen LogP contribution in [0.15, 0.2) is 6.20 Å². The highest BCUT2D eigenvalue weighted by Crippen LogP contribution is 2.27. The van der Waals surface area contributed by atoms with Crippen LogP contribution in [0.25, 0.3) is 0 Å². The number of aromatic amines is 1. The third kappa shape index (κ3) is 4.50. The molecular weight excluding hydrogens is 304 g/mol. The Hall–Kier alpha value is -1.56. The molecule has 2 aliphatic carbocycles. The molecule has 0 unspecified atom stereocenters. The van der Waals surface area contributed by atoms with Gasteiger partial charge in [-0.3, -0.25) is 5.10 Å². The molecule has 24 heavy (non-hydrogen) atoms. The van der Waals surface area contributed by atoms with E-state index in [0.29, 0.717) is 24.5 Å². The molecule has 1 heterocycles. The first kappa shape index (κ1) is 17.3. The molecule has 3 atom stereocenters. The molecule has 0 aliphatic heterocycles. The van der Waals surface area contributed by atoms with Crippen LogP contribution in [0.5, 0.6) is 0 Å². The first-order valence-electron chi connectivity index (χ1n) is 9.15. The van der Waals surface area contributed by atoms with Gasteiger partial charge in [0.05, 0.1) is 6.20 Å². The van der Waals surface area contributed by atoms with E-state index in [1.54, 1.807) is 0 Å². The lowest BCUT2D eigenvalue weighted by Crippen LogP contribution is -2.46. The first-order valence-corrected chi connectivity index (χ1v) is 9.15. The van der Waals surface area contributed by atoms with E-state index in [4.69, 9.17) is 4.74 Å². The van der Waals surface area contributed by atoms with Crippen LogP contribution in [-0.2, 0) is 17.6 Å². The van der Waals surface area contributed by atoms with Gasteiger partial charge in [0.2, 0.25) is 0 Å². The summed E-state index contributed by atoms with van der Waals surface area (Å²) in [6.07, 6.45) is 8.50. The molecule has 3 N–H and O–H groups in total. The van der Waals surface area contributed by atoms with E-state index in [1.165, 1.54) is 24.1 Å². The number of nitrogens with zero attached hydrogens (tertiary/aromatic N) is 1. The largest absolute Gasteiger partial charge is 0.444 e. The van der Waals surface area contributed by atoms with E-state index in [9.17, 15) is 4.79 Å². The molecule has 1 fully saturated rings. The van der Waals surface area contributed by atoms with E-state index in [2.05, 4.69) is 20.8 Å². The molecule has 1 amide bonds. The summed E-state index contributed by atoms with van der Waals surface area (Å²) in [5.74, 6) is 0.489. The summed E-state index contributed by atoms with van der Waals surface area (Å²) >= 11 is 0. The minimum atomic E-state index is -0.443. The van der Waals surface area contributed by atoms with Gasteiger partial charge < -0.3 is 15.4 Å². The summed E-state index contributed by atoms with van der Waals surface area (Å²) in [4.78, 5) is 11.9. The van der Waals surface area contributed by atoms with Crippen LogP contribution in [0.2, 0.25) is 0 Å². The molecule has 0 bridgehead atoms. The number of alkyl carbamates (subject to hydrolysis) is 1. The van der Waals surface area contributed by atoms with E-state index < -0.39 is 5.60 Å². The Morgan fingerprint density at radius 2 is 2.21 bits per heavy atom. The number of aryl methyl sites for hydroxylation is 1. The van der Waals surface area contributed by atoms with Gasteiger partial charge in [0, 0.05) is 24.3 Å². The second-order valence-electron chi connectivity index (χ2n) is 8.16. The zero-order valence-corrected chi connectivity index (χ0v) is 15.0. The van der Waals surface area contributed by atoms with Gasteiger partial charge in [-0.1, -0.05) is 6.42 Å². The summed E-state index contributed by atoms with van der Waals surface area (Å²) in [6, 6.07) is 1.00. The second-order valence-corrected chi connectivity index (χ2v) is 8.16. The maximum absolute atomic E-state index is 11.9. The van der Waals surface area contributed by atoms with Gasteiger partial charge in [-0.05, 0) is 64.4 Å². The van der Waals surface area contributed by atoms with Crippen molar-refractivity contribution in [3.63, 3.8) is 0 Å². The lowest BCUT2D eigenvalue weighted by molar-refractivity contribution is 0.0517. The molecule has 2 aliphatic rings. The molecule has 3 rings (SSSR count). The van der Waals surface area contributed by atoms with Crippen molar-refractivity contribution >= 4 is 6.09 Å². The lowest BCUT2D eigenvalue weighted by atomic mass is 9.92. The number of aromatic nitrogens is 2. The van der Waals surface area contributed by atoms with Crippen LogP contribution in [-0.4, -0.2) is 40.5 Å². The number of ether oxygens (including phenoxy) is 1. The number of rotatable bonds is 4. The molecule has 1 aromatic heterocycles. The number of H-pyrrole nitrogens is 1. The van der Waals surface area contributed by atoms with Gasteiger partial charge in [0.1, 0.15) is 5.60 Å². The SMILES string of the molecule is CC(C)(C)OC(=O)NC[C@@H]1CCC[C@@H]1N[C@H]1CCc2[nH]ncc2C1. The second kappa shape index (κ2) is 7.13. The fourth-order valence-electron chi connectivity index (χ4n) is 3.89. The smallest absolute Gasteiger partial charge is 0.407 e. The van der Waals surface area contributed by atoms with E-state index in [1.807, 2.05) is 27.0 Å².